The third-order valence-electron chi connectivity index (χ3n) is 4.43. The van der Waals surface area contributed by atoms with Crippen LogP contribution in [0.4, 0.5) is 11.4 Å². The van der Waals surface area contributed by atoms with Crippen molar-refractivity contribution in [2.45, 2.75) is 20.8 Å². The number of H-pyrrole nitrogens is 1. The number of aromatic amines is 1. The van der Waals surface area contributed by atoms with E-state index in [4.69, 9.17) is 0 Å². The Balaban J connectivity index is 2.16. The van der Waals surface area contributed by atoms with Crippen LogP contribution in [0.1, 0.15) is 18.1 Å². The van der Waals surface area contributed by atoms with Crippen LogP contribution in [0.2, 0.25) is 0 Å². The van der Waals surface area contributed by atoms with Crippen LogP contribution in [0.25, 0.3) is 22.2 Å². The molecule has 0 aliphatic rings. The molecule has 0 atom stereocenters. The molecular weight excluding hydrogens is 314 g/mol. The monoisotopic (exact) mass is 337 g/mol. The Bertz CT molecular complexity index is 971. The zero-order valence-electron chi connectivity index (χ0n) is 15.2. The third kappa shape index (κ3) is 3.05. The fourth-order valence-electron chi connectivity index (χ4n) is 3.14. The Morgan fingerprint density at radius 3 is 2.52 bits per heavy atom. The van der Waals surface area contributed by atoms with E-state index in [1.165, 1.54) is 6.92 Å². The highest BCUT2D eigenvalue weighted by atomic mass is 16.3. The Kier molecular flexibility index (Phi) is 4.17. The maximum absolute atomic E-state index is 11.3. The number of aromatic nitrogens is 1. The average Bonchev–Trinajstić information content (AvgIpc) is 2.86. The molecule has 1 amide bonds. The fraction of sp³-hybridized carbons (Fsp3) is 0.250. The van der Waals surface area contributed by atoms with Crippen LogP contribution in [0.5, 0.6) is 5.75 Å². The second kappa shape index (κ2) is 6.16. The zero-order chi connectivity index (χ0) is 18.3. The second-order valence-electron chi connectivity index (χ2n) is 6.62. The molecule has 25 heavy (non-hydrogen) atoms. The van der Waals surface area contributed by atoms with Crippen LogP contribution in [0, 0.1) is 13.8 Å². The molecule has 0 fully saturated rings. The molecule has 0 unspecified atom stereocenters. The van der Waals surface area contributed by atoms with Crippen molar-refractivity contribution in [3.05, 3.63) is 41.5 Å². The summed E-state index contributed by atoms with van der Waals surface area (Å²) >= 11 is 0. The molecule has 0 spiro atoms. The zero-order valence-corrected chi connectivity index (χ0v) is 15.2. The van der Waals surface area contributed by atoms with Crippen molar-refractivity contribution >= 4 is 28.2 Å². The quantitative estimate of drug-likeness (QED) is 0.671. The molecule has 3 N–H and O–H groups in total. The van der Waals surface area contributed by atoms with Crippen molar-refractivity contribution < 1.29 is 9.90 Å². The summed E-state index contributed by atoms with van der Waals surface area (Å²) in [5.74, 6) is 0.216. The smallest absolute Gasteiger partial charge is 0.221 e. The Hall–Kier alpha value is -2.95. The fourth-order valence-corrected chi connectivity index (χ4v) is 3.14. The SMILES string of the molecule is CC(=O)Nc1ccc2[nH]c(-c3cc(C)c(O)c(N(C)C)c3)c(C)c2c1. The number of aryl methyl sites for hydroxylation is 2. The molecule has 5 heteroatoms. The van der Waals surface area contributed by atoms with Crippen LogP contribution in [-0.2, 0) is 4.79 Å². The van der Waals surface area contributed by atoms with E-state index >= 15 is 0 Å². The van der Waals surface area contributed by atoms with Crippen molar-refractivity contribution in [2.24, 2.45) is 0 Å². The number of amides is 1. The molecule has 0 bridgehead atoms. The van der Waals surface area contributed by atoms with Crippen LogP contribution in [0.15, 0.2) is 30.3 Å². The molecule has 0 saturated heterocycles. The standard InChI is InChI=1S/C20H23N3O2/c1-11-8-14(9-18(20(11)25)23(4)5)19-12(2)16-10-15(21-13(3)24)6-7-17(16)22-19/h6-10,22,25H,1-5H3,(H,21,24). The predicted molar refractivity (Wildman–Crippen MR) is 104 cm³/mol. The van der Waals surface area contributed by atoms with Gasteiger partial charge in [-0.1, -0.05) is 0 Å². The van der Waals surface area contributed by atoms with Crippen LogP contribution < -0.4 is 10.2 Å². The summed E-state index contributed by atoms with van der Waals surface area (Å²) < 4.78 is 0. The van der Waals surface area contributed by atoms with Gasteiger partial charge in [-0.25, -0.2) is 0 Å². The number of benzene rings is 2. The number of hydrogen-bond acceptors (Lipinski definition) is 3. The van der Waals surface area contributed by atoms with Crippen molar-refractivity contribution in [2.75, 3.05) is 24.3 Å². The normalized spacial score (nSPS) is 10.9. The summed E-state index contributed by atoms with van der Waals surface area (Å²) in [6.45, 7) is 5.46. The van der Waals surface area contributed by atoms with Crippen LogP contribution in [-0.4, -0.2) is 30.1 Å². The van der Waals surface area contributed by atoms with Gasteiger partial charge in [-0.3, -0.25) is 4.79 Å². The van der Waals surface area contributed by atoms with Crippen molar-refractivity contribution in [3.8, 4) is 17.0 Å². The number of anilines is 2. The number of hydrogen-bond donors (Lipinski definition) is 3. The summed E-state index contributed by atoms with van der Waals surface area (Å²) in [5.41, 5.74) is 6.56. The summed E-state index contributed by atoms with van der Waals surface area (Å²) in [6, 6.07) is 9.80. The maximum Gasteiger partial charge on any atom is 0.221 e. The number of nitrogens with one attached hydrogen (secondary N) is 2. The number of aromatic hydroxyl groups is 1. The Morgan fingerprint density at radius 1 is 1.16 bits per heavy atom. The lowest BCUT2D eigenvalue weighted by molar-refractivity contribution is -0.114. The van der Waals surface area contributed by atoms with Gasteiger partial charge in [0.05, 0.1) is 5.69 Å². The van der Waals surface area contributed by atoms with Gasteiger partial charge < -0.3 is 20.3 Å². The molecule has 1 heterocycles. The first-order chi connectivity index (χ1) is 11.8. The summed E-state index contributed by atoms with van der Waals surface area (Å²) in [4.78, 5) is 16.6. The number of fused-ring (bicyclic) bond motifs is 1. The van der Waals surface area contributed by atoms with Gasteiger partial charge in [0.2, 0.25) is 5.91 Å². The number of nitrogens with zero attached hydrogens (tertiary/aromatic N) is 1. The van der Waals surface area contributed by atoms with E-state index in [1.54, 1.807) is 0 Å². The lowest BCUT2D eigenvalue weighted by Gasteiger charge is -2.17. The highest BCUT2D eigenvalue weighted by molar-refractivity contribution is 5.96. The van der Waals surface area contributed by atoms with Gasteiger partial charge in [0.1, 0.15) is 5.75 Å². The van der Waals surface area contributed by atoms with E-state index in [0.717, 1.165) is 44.7 Å². The van der Waals surface area contributed by atoms with Crippen LogP contribution in [0.3, 0.4) is 0 Å². The Labute approximate surface area is 147 Å². The maximum atomic E-state index is 11.3. The van der Waals surface area contributed by atoms with Gasteiger partial charge in [-0.2, -0.15) is 0 Å². The summed E-state index contributed by atoms with van der Waals surface area (Å²) in [5, 5.41) is 14.2. The third-order valence-corrected chi connectivity index (χ3v) is 4.43. The summed E-state index contributed by atoms with van der Waals surface area (Å²) in [7, 11) is 3.83. The molecule has 3 rings (SSSR count). The number of phenols is 1. The van der Waals surface area contributed by atoms with E-state index in [9.17, 15) is 9.90 Å². The number of rotatable bonds is 3. The van der Waals surface area contributed by atoms with Gasteiger partial charge in [-0.05, 0) is 55.3 Å². The average molecular weight is 337 g/mol. The van der Waals surface area contributed by atoms with Gasteiger partial charge in [0, 0.05) is 48.9 Å². The van der Waals surface area contributed by atoms with Crippen molar-refractivity contribution in [1.29, 1.82) is 0 Å². The molecule has 5 nitrogen and oxygen atoms in total. The Morgan fingerprint density at radius 2 is 1.88 bits per heavy atom. The topological polar surface area (TPSA) is 68.4 Å². The minimum absolute atomic E-state index is 0.0856. The predicted octanol–water partition coefficient (Wildman–Crippen LogP) is 4.18. The molecule has 0 radical (unpaired) electrons. The van der Waals surface area contributed by atoms with E-state index < -0.39 is 0 Å². The highest BCUT2D eigenvalue weighted by Gasteiger charge is 2.15. The molecule has 2 aromatic carbocycles. The first-order valence-corrected chi connectivity index (χ1v) is 8.19. The van der Waals surface area contributed by atoms with Gasteiger partial charge in [-0.15, -0.1) is 0 Å². The lowest BCUT2D eigenvalue weighted by atomic mass is 10.0. The molecule has 0 saturated carbocycles. The van der Waals surface area contributed by atoms with E-state index in [2.05, 4.69) is 17.2 Å². The molecular formula is C20H23N3O2. The molecule has 3 aromatic rings. The second-order valence-corrected chi connectivity index (χ2v) is 6.62. The van der Waals surface area contributed by atoms with E-state index in [-0.39, 0.29) is 5.91 Å². The van der Waals surface area contributed by atoms with Crippen molar-refractivity contribution in [1.82, 2.24) is 4.98 Å². The minimum atomic E-state index is -0.0856. The first-order valence-electron chi connectivity index (χ1n) is 8.19. The molecule has 130 valence electrons. The molecule has 1 aromatic heterocycles. The number of carbonyl (C=O) groups is 1. The largest absolute Gasteiger partial charge is 0.505 e. The van der Waals surface area contributed by atoms with Gasteiger partial charge in [0.15, 0.2) is 0 Å². The van der Waals surface area contributed by atoms with Gasteiger partial charge in [0.25, 0.3) is 0 Å². The first kappa shape index (κ1) is 16.9. The molecule has 0 aliphatic heterocycles. The van der Waals surface area contributed by atoms with Crippen LogP contribution >= 0.6 is 0 Å². The van der Waals surface area contributed by atoms with Crippen molar-refractivity contribution in [3.63, 3.8) is 0 Å². The van der Waals surface area contributed by atoms with E-state index in [0.29, 0.717) is 5.75 Å². The summed E-state index contributed by atoms with van der Waals surface area (Å²) in [6.07, 6.45) is 0. The lowest BCUT2D eigenvalue weighted by Crippen LogP contribution is -2.09. The van der Waals surface area contributed by atoms with Gasteiger partial charge >= 0.3 is 0 Å². The van der Waals surface area contributed by atoms with E-state index in [1.807, 2.05) is 56.3 Å². The minimum Gasteiger partial charge on any atom is -0.505 e. The highest BCUT2D eigenvalue weighted by Crippen LogP contribution is 2.37. The number of carbonyl (C=O) groups excluding carboxylic acids is 1. The molecule has 0 aliphatic carbocycles. The number of phenolic OH excluding ortho intramolecular Hbond substituents is 1.